The van der Waals surface area contributed by atoms with Crippen LogP contribution in [0.2, 0.25) is 0 Å². The first-order chi connectivity index (χ1) is 27.5. The second-order valence-electron chi connectivity index (χ2n) is 16.4. The van der Waals surface area contributed by atoms with Crippen LogP contribution in [-0.4, -0.2) is 47.4 Å². The smallest absolute Gasteiger partial charge is 0.305 e. The number of esters is 1. The fraction of sp³-hybridized carbons (Fsp3) is 0.840. The molecule has 0 aromatic carbocycles. The average molecular weight is 788 g/mol. The zero-order chi connectivity index (χ0) is 40.8. The van der Waals surface area contributed by atoms with E-state index in [0.29, 0.717) is 19.4 Å². The maximum Gasteiger partial charge on any atom is 0.305 e. The van der Waals surface area contributed by atoms with Crippen LogP contribution in [0.3, 0.4) is 0 Å². The van der Waals surface area contributed by atoms with E-state index >= 15 is 0 Å². The summed E-state index contributed by atoms with van der Waals surface area (Å²) in [5.41, 5.74) is 0. The molecule has 1 amide bonds. The van der Waals surface area contributed by atoms with Crippen molar-refractivity contribution in [1.29, 1.82) is 0 Å². The number of amides is 1. The van der Waals surface area contributed by atoms with Crippen molar-refractivity contribution in [3.8, 4) is 0 Å². The van der Waals surface area contributed by atoms with Gasteiger partial charge in [0.25, 0.3) is 0 Å². The van der Waals surface area contributed by atoms with Crippen LogP contribution >= 0.6 is 0 Å². The number of unbranched alkanes of at least 4 members (excludes halogenated alkanes) is 29. The Bertz CT molecular complexity index is 915. The lowest BCUT2D eigenvalue weighted by molar-refractivity contribution is -0.143. The second-order valence-corrected chi connectivity index (χ2v) is 16.4. The normalized spacial score (nSPS) is 13.0. The van der Waals surface area contributed by atoms with Gasteiger partial charge in [-0.3, -0.25) is 9.59 Å². The molecule has 0 fully saturated rings. The third kappa shape index (κ3) is 41.7. The van der Waals surface area contributed by atoms with Gasteiger partial charge in [0.1, 0.15) is 0 Å². The van der Waals surface area contributed by atoms with Crippen molar-refractivity contribution in [1.82, 2.24) is 5.32 Å². The summed E-state index contributed by atoms with van der Waals surface area (Å²) in [5.74, 6) is -0.154. The third-order valence-corrected chi connectivity index (χ3v) is 10.9. The van der Waals surface area contributed by atoms with Crippen molar-refractivity contribution in [2.75, 3.05) is 13.2 Å². The van der Waals surface area contributed by atoms with Gasteiger partial charge >= 0.3 is 5.97 Å². The number of carbonyl (C=O) groups excluding carboxylic acids is 2. The van der Waals surface area contributed by atoms with Gasteiger partial charge in [0, 0.05) is 12.8 Å². The van der Waals surface area contributed by atoms with Gasteiger partial charge in [0.2, 0.25) is 5.91 Å². The number of hydrogen-bond acceptors (Lipinski definition) is 5. The number of aliphatic hydroxyl groups is 2. The molecule has 56 heavy (non-hydrogen) atoms. The van der Waals surface area contributed by atoms with Gasteiger partial charge in [-0.25, -0.2) is 0 Å². The molecule has 0 spiro atoms. The molecule has 0 heterocycles. The Balaban J connectivity index is 3.60. The first-order valence-corrected chi connectivity index (χ1v) is 24.3. The molecule has 0 aliphatic carbocycles. The van der Waals surface area contributed by atoms with Crippen LogP contribution in [0.15, 0.2) is 36.5 Å². The highest BCUT2D eigenvalue weighted by molar-refractivity contribution is 5.76. The van der Waals surface area contributed by atoms with Crippen molar-refractivity contribution < 1.29 is 24.5 Å². The lowest BCUT2D eigenvalue weighted by Gasteiger charge is -2.20. The summed E-state index contributed by atoms with van der Waals surface area (Å²) in [4.78, 5) is 24.4. The quantitative estimate of drug-likeness (QED) is 0.0325. The van der Waals surface area contributed by atoms with E-state index in [1.165, 1.54) is 141 Å². The first kappa shape index (κ1) is 54.1. The van der Waals surface area contributed by atoms with Crippen LogP contribution in [0.25, 0.3) is 0 Å². The van der Waals surface area contributed by atoms with E-state index < -0.39 is 12.1 Å². The number of rotatable bonds is 44. The lowest BCUT2D eigenvalue weighted by Crippen LogP contribution is -2.45. The van der Waals surface area contributed by atoms with Crippen molar-refractivity contribution in [3.63, 3.8) is 0 Å². The molecule has 2 atom stereocenters. The topological polar surface area (TPSA) is 95.9 Å². The minimum Gasteiger partial charge on any atom is -0.466 e. The maximum atomic E-state index is 12.4. The summed E-state index contributed by atoms with van der Waals surface area (Å²) in [6.45, 7) is 4.78. The standard InChI is InChI=1S/C50H93NO5/c1-3-5-7-9-11-13-15-17-18-19-20-21-22-26-30-34-38-42-48(53)47(46-52)51-49(54)43-39-35-31-27-24-25-29-33-37-41-45-56-50(55)44-40-36-32-28-23-16-14-12-10-8-6-4-2/h12,14,25,29,38,42,47-48,52-53H,3-11,13,15-24,26-28,30-37,39-41,43-46H2,1-2H3,(H,51,54)/b14-12-,29-25-,42-38+. The van der Waals surface area contributed by atoms with Gasteiger partial charge < -0.3 is 20.3 Å². The molecule has 0 rings (SSSR count). The van der Waals surface area contributed by atoms with Crippen molar-refractivity contribution in [2.45, 2.75) is 257 Å². The van der Waals surface area contributed by atoms with Gasteiger partial charge in [-0.2, -0.15) is 0 Å². The monoisotopic (exact) mass is 788 g/mol. The highest BCUT2D eigenvalue weighted by atomic mass is 16.5. The Kier molecular flexibility index (Phi) is 44.2. The average Bonchev–Trinajstić information content (AvgIpc) is 3.20. The number of hydrogen-bond donors (Lipinski definition) is 3. The summed E-state index contributed by atoms with van der Waals surface area (Å²) in [6.07, 6.45) is 54.2. The molecule has 0 aromatic heterocycles. The van der Waals surface area contributed by atoms with Crippen molar-refractivity contribution in [2.24, 2.45) is 0 Å². The first-order valence-electron chi connectivity index (χ1n) is 24.3. The summed E-state index contributed by atoms with van der Waals surface area (Å²) < 4.78 is 5.41. The fourth-order valence-corrected chi connectivity index (χ4v) is 7.09. The predicted octanol–water partition coefficient (Wildman–Crippen LogP) is 14.1. The molecule has 0 aliphatic rings. The molecule has 0 radical (unpaired) electrons. The van der Waals surface area contributed by atoms with Crippen LogP contribution in [0.5, 0.6) is 0 Å². The SMILES string of the molecule is CCCCC/C=C\CCCCCCCC(=O)OCCCC/C=C\CCCCCCC(=O)NC(CO)C(O)/C=C/CCCCCCCCCCCCCCCCC. The Morgan fingerprint density at radius 1 is 0.482 bits per heavy atom. The van der Waals surface area contributed by atoms with Crippen molar-refractivity contribution in [3.05, 3.63) is 36.5 Å². The van der Waals surface area contributed by atoms with E-state index in [0.717, 1.165) is 77.0 Å². The Hall–Kier alpha value is -1.92. The molecule has 6 heteroatoms. The molecule has 0 saturated carbocycles. The molecule has 0 aromatic rings. The van der Waals surface area contributed by atoms with Crippen LogP contribution in [0.1, 0.15) is 245 Å². The molecule has 328 valence electrons. The molecule has 2 unspecified atom stereocenters. The van der Waals surface area contributed by atoms with Gasteiger partial charge in [0.05, 0.1) is 25.4 Å². The molecule has 0 bridgehead atoms. The minimum atomic E-state index is -0.866. The third-order valence-electron chi connectivity index (χ3n) is 10.9. The number of carbonyl (C=O) groups is 2. The highest BCUT2D eigenvalue weighted by Gasteiger charge is 2.18. The van der Waals surface area contributed by atoms with Gasteiger partial charge in [-0.05, 0) is 83.5 Å². The number of aliphatic hydroxyl groups excluding tert-OH is 2. The number of allylic oxidation sites excluding steroid dienone is 5. The maximum absolute atomic E-state index is 12.4. The van der Waals surface area contributed by atoms with E-state index in [-0.39, 0.29) is 18.5 Å². The van der Waals surface area contributed by atoms with E-state index in [4.69, 9.17) is 4.74 Å². The molecule has 3 N–H and O–H groups in total. The largest absolute Gasteiger partial charge is 0.466 e. The van der Waals surface area contributed by atoms with E-state index in [1.807, 2.05) is 6.08 Å². The lowest BCUT2D eigenvalue weighted by atomic mass is 10.0. The summed E-state index contributed by atoms with van der Waals surface area (Å²) in [6, 6.07) is -0.653. The second kappa shape index (κ2) is 45.8. The predicted molar refractivity (Wildman–Crippen MR) is 241 cm³/mol. The molecule has 6 nitrogen and oxygen atoms in total. The Morgan fingerprint density at radius 2 is 0.839 bits per heavy atom. The van der Waals surface area contributed by atoms with Gasteiger partial charge in [-0.1, -0.05) is 185 Å². The fourth-order valence-electron chi connectivity index (χ4n) is 7.09. The summed E-state index contributed by atoms with van der Waals surface area (Å²) >= 11 is 0. The molecular weight excluding hydrogens is 695 g/mol. The van der Waals surface area contributed by atoms with Crippen LogP contribution in [0, 0.1) is 0 Å². The molecule has 0 aliphatic heterocycles. The summed E-state index contributed by atoms with van der Waals surface area (Å²) in [5, 5.41) is 23.0. The molecular formula is C50H93NO5. The van der Waals surface area contributed by atoms with E-state index in [1.54, 1.807) is 6.08 Å². The zero-order valence-electron chi connectivity index (χ0n) is 37.1. The van der Waals surface area contributed by atoms with Gasteiger partial charge in [0.15, 0.2) is 0 Å². The number of nitrogens with one attached hydrogen (secondary N) is 1. The van der Waals surface area contributed by atoms with E-state index in [2.05, 4.69) is 43.5 Å². The van der Waals surface area contributed by atoms with E-state index in [9.17, 15) is 19.8 Å². The van der Waals surface area contributed by atoms with Gasteiger partial charge in [-0.15, -0.1) is 0 Å². The van der Waals surface area contributed by atoms with Crippen LogP contribution < -0.4 is 5.32 Å². The summed E-state index contributed by atoms with van der Waals surface area (Å²) in [7, 11) is 0. The highest BCUT2D eigenvalue weighted by Crippen LogP contribution is 2.15. The molecule has 0 saturated heterocycles. The van der Waals surface area contributed by atoms with Crippen molar-refractivity contribution >= 4 is 11.9 Å². The zero-order valence-corrected chi connectivity index (χ0v) is 37.1. The van der Waals surface area contributed by atoms with Crippen LogP contribution in [-0.2, 0) is 14.3 Å². The minimum absolute atomic E-state index is 0.0492. The Morgan fingerprint density at radius 3 is 1.30 bits per heavy atom. The van der Waals surface area contributed by atoms with Crippen LogP contribution in [0.4, 0.5) is 0 Å². The number of ether oxygens (including phenoxy) is 1. The Labute approximate surface area is 347 Å².